The molecule has 0 aliphatic heterocycles. The van der Waals surface area contributed by atoms with Crippen LogP contribution in [0, 0.1) is 0 Å². The molecule has 0 rings (SSSR count). The largest absolute Gasteiger partial charge is 0.458 e. The Labute approximate surface area is 126 Å². The van der Waals surface area contributed by atoms with E-state index in [-0.39, 0.29) is 0 Å². The van der Waals surface area contributed by atoms with E-state index in [9.17, 15) is 4.89 Å². The zero-order valence-electron chi connectivity index (χ0n) is 13.1. The number of hydrogen-bond acceptors (Lipinski definition) is 3. The SMILES string of the molecule is CCCCCCC=COP(O)OC=CCCCCCC. The van der Waals surface area contributed by atoms with Gasteiger partial charge in [0.15, 0.2) is 0 Å². The smallest absolute Gasteiger partial charge is 0.426 e. The van der Waals surface area contributed by atoms with Crippen LogP contribution < -0.4 is 0 Å². The van der Waals surface area contributed by atoms with Crippen molar-refractivity contribution in [3.05, 3.63) is 24.7 Å². The number of allylic oxidation sites excluding steroid dienone is 2. The Bertz CT molecular complexity index is 218. The van der Waals surface area contributed by atoms with Crippen LogP contribution in [0.3, 0.4) is 0 Å². The standard InChI is InChI=1S/C16H31O3P/c1-3-5-7-9-11-13-15-18-20(17)19-16-14-12-10-8-6-4-2/h13-17H,3-12H2,1-2H3. The lowest BCUT2D eigenvalue weighted by Crippen LogP contribution is -1.79. The molecule has 0 saturated heterocycles. The van der Waals surface area contributed by atoms with E-state index in [1.165, 1.54) is 51.4 Å². The molecule has 0 atom stereocenters. The minimum absolute atomic E-state index is 0.996. The predicted octanol–water partition coefficient (Wildman–Crippen LogP) is 6.21. The van der Waals surface area contributed by atoms with E-state index in [1.807, 2.05) is 12.2 Å². The van der Waals surface area contributed by atoms with Crippen molar-refractivity contribution in [3.63, 3.8) is 0 Å². The summed E-state index contributed by atoms with van der Waals surface area (Å²) in [4.78, 5) is 9.45. The molecule has 0 heterocycles. The van der Waals surface area contributed by atoms with Crippen LogP contribution in [0.15, 0.2) is 24.7 Å². The molecule has 0 aliphatic rings. The van der Waals surface area contributed by atoms with Crippen LogP contribution in [-0.4, -0.2) is 4.89 Å². The number of hydrogen-bond donors (Lipinski definition) is 1. The molecule has 0 unspecified atom stereocenters. The van der Waals surface area contributed by atoms with Gasteiger partial charge in [-0.3, -0.25) is 0 Å². The first-order valence-electron chi connectivity index (χ1n) is 7.93. The Morgan fingerprint density at radius 1 is 0.750 bits per heavy atom. The first kappa shape index (κ1) is 19.5. The molecule has 1 N–H and O–H groups in total. The summed E-state index contributed by atoms with van der Waals surface area (Å²) < 4.78 is 10.1. The fraction of sp³-hybridized carbons (Fsp3) is 0.750. The van der Waals surface area contributed by atoms with Gasteiger partial charge in [0.2, 0.25) is 0 Å². The Balaban J connectivity index is 3.37. The zero-order valence-corrected chi connectivity index (χ0v) is 14.0. The zero-order chi connectivity index (χ0) is 14.9. The minimum atomic E-state index is -1.81. The van der Waals surface area contributed by atoms with Crippen LogP contribution in [0.2, 0.25) is 0 Å². The molecule has 0 radical (unpaired) electrons. The molecule has 0 saturated carbocycles. The van der Waals surface area contributed by atoms with E-state index in [4.69, 9.17) is 9.05 Å². The maximum atomic E-state index is 9.45. The summed E-state index contributed by atoms with van der Waals surface area (Å²) in [6.45, 7) is 4.40. The van der Waals surface area contributed by atoms with Gasteiger partial charge >= 0.3 is 8.60 Å². The van der Waals surface area contributed by atoms with Gasteiger partial charge in [-0.15, -0.1) is 0 Å². The van der Waals surface area contributed by atoms with Crippen molar-refractivity contribution < 1.29 is 13.9 Å². The van der Waals surface area contributed by atoms with Gasteiger partial charge in [0, 0.05) is 0 Å². The molecule has 0 spiro atoms. The Kier molecular flexibility index (Phi) is 16.1. The molecular formula is C16H31O3P. The summed E-state index contributed by atoms with van der Waals surface area (Å²) in [5, 5.41) is 0. The van der Waals surface area contributed by atoms with Crippen LogP contribution in [0.5, 0.6) is 0 Å². The average molecular weight is 302 g/mol. The highest BCUT2D eigenvalue weighted by Gasteiger charge is 2.02. The van der Waals surface area contributed by atoms with Gasteiger partial charge in [-0.05, 0) is 37.8 Å². The van der Waals surface area contributed by atoms with Crippen molar-refractivity contribution in [2.24, 2.45) is 0 Å². The molecule has 0 amide bonds. The summed E-state index contributed by atoms with van der Waals surface area (Å²) in [5.74, 6) is 0. The van der Waals surface area contributed by atoms with Crippen LogP contribution in [-0.2, 0) is 9.05 Å². The van der Waals surface area contributed by atoms with Gasteiger partial charge in [-0.25, -0.2) is 0 Å². The lowest BCUT2D eigenvalue weighted by molar-refractivity contribution is 0.320. The summed E-state index contributed by atoms with van der Waals surface area (Å²) in [7, 11) is -1.81. The van der Waals surface area contributed by atoms with E-state index in [0.29, 0.717) is 0 Å². The average Bonchev–Trinajstić information content (AvgIpc) is 2.45. The van der Waals surface area contributed by atoms with E-state index < -0.39 is 8.60 Å². The molecule has 0 aromatic rings. The van der Waals surface area contributed by atoms with Gasteiger partial charge in [0.05, 0.1) is 12.5 Å². The highest BCUT2D eigenvalue weighted by Crippen LogP contribution is 2.33. The molecule has 0 bridgehead atoms. The van der Waals surface area contributed by atoms with Crippen molar-refractivity contribution in [2.75, 3.05) is 0 Å². The van der Waals surface area contributed by atoms with E-state index in [0.717, 1.165) is 12.8 Å². The highest BCUT2D eigenvalue weighted by atomic mass is 31.2. The van der Waals surface area contributed by atoms with Gasteiger partial charge in [-0.1, -0.05) is 52.4 Å². The predicted molar refractivity (Wildman–Crippen MR) is 87.1 cm³/mol. The Morgan fingerprint density at radius 2 is 1.20 bits per heavy atom. The third-order valence-electron chi connectivity index (χ3n) is 2.94. The number of unbranched alkanes of at least 4 members (excludes halogenated alkanes) is 8. The van der Waals surface area contributed by atoms with Crippen molar-refractivity contribution >= 4 is 8.60 Å². The summed E-state index contributed by atoms with van der Waals surface area (Å²) in [6, 6.07) is 0. The third kappa shape index (κ3) is 15.5. The second-order valence-corrected chi connectivity index (χ2v) is 5.79. The van der Waals surface area contributed by atoms with Crippen LogP contribution in [0.25, 0.3) is 0 Å². The van der Waals surface area contributed by atoms with Gasteiger partial charge < -0.3 is 13.9 Å². The number of rotatable bonds is 14. The minimum Gasteiger partial charge on any atom is -0.426 e. The second-order valence-electron chi connectivity index (χ2n) is 4.89. The van der Waals surface area contributed by atoms with Crippen molar-refractivity contribution in [1.82, 2.24) is 0 Å². The molecule has 0 aromatic heterocycles. The van der Waals surface area contributed by atoms with Crippen molar-refractivity contribution in [1.29, 1.82) is 0 Å². The Morgan fingerprint density at radius 3 is 1.60 bits per heavy atom. The molecule has 20 heavy (non-hydrogen) atoms. The van der Waals surface area contributed by atoms with Crippen LogP contribution in [0.1, 0.15) is 78.1 Å². The first-order chi connectivity index (χ1) is 9.81. The summed E-state index contributed by atoms with van der Waals surface area (Å²) in [5.41, 5.74) is 0. The first-order valence-corrected chi connectivity index (χ1v) is 9.06. The molecule has 4 heteroatoms. The molecule has 0 aromatic carbocycles. The highest BCUT2D eigenvalue weighted by molar-refractivity contribution is 7.40. The summed E-state index contributed by atoms with van der Waals surface area (Å²) in [6.07, 6.45) is 18.9. The molecule has 0 aliphatic carbocycles. The molecule has 0 fully saturated rings. The van der Waals surface area contributed by atoms with Crippen molar-refractivity contribution in [2.45, 2.75) is 78.1 Å². The fourth-order valence-corrected chi connectivity index (χ4v) is 2.16. The molecular weight excluding hydrogens is 271 g/mol. The third-order valence-corrected chi connectivity index (χ3v) is 3.55. The monoisotopic (exact) mass is 302 g/mol. The lowest BCUT2D eigenvalue weighted by Gasteiger charge is -2.05. The quantitative estimate of drug-likeness (QED) is 0.235. The normalized spacial score (nSPS) is 13.2. The van der Waals surface area contributed by atoms with E-state index in [1.54, 1.807) is 12.5 Å². The van der Waals surface area contributed by atoms with Crippen LogP contribution >= 0.6 is 8.60 Å². The van der Waals surface area contributed by atoms with Gasteiger partial charge in [0.1, 0.15) is 0 Å². The van der Waals surface area contributed by atoms with E-state index in [2.05, 4.69) is 13.8 Å². The maximum absolute atomic E-state index is 9.45. The Hall–Kier alpha value is -0.530. The molecule has 3 nitrogen and oxygen atoms in total. The van der Waals surface area contributed by atoms with E-state index >= 15 is 0 Å². The lowest BCUT2D eigenvalue weighted by atomic mass is 10.2. The summed E-state index contributed by atoms with van der Waals surface area (Å²) >= 11 is 0. The molecule has 118 valence electrons. The van der Waals surface area contributed by atoms with Gasteiger partial charge in [-0.2, -0.15) is 0 Å². The van der Waals surface area contributed by atoms with Crippen molar-refractivity contribution in [3.8, 4) is 0 Å². The fourth-order valence-electron chi connectivity index (χ4n) is 1.73. The topological polar surface area (TPSA) is 38.7 Å². The van der Waals surface area contributed by atoms with Crippen LogP contribution in [0.4, 0.5) is 0 Å². The maximum Gasteiger partial charge on any atom is 0.458 e. The second kappa shape index (κ2) is 16.5. The van der Waals surface area contributed by atoms with Gasteiger partial charge in [0.25, 0.3) is 0 Å².